The van der Waals surface area contributed by atoms with Crippen LogP contribution in [0.1, 0.15) is 30.9 Å². The minimum Gasteiger partial charge on any atom is -0.454 e. The first-order valence-corrected chi connectivity index (χ1v) is 5.66. The molecule has 2 aliphatic heterocycles. The van der Waals surface area contributed by atoms with E-state index < -0.39 is 0 Å². The maximum Gasteiger partial charge on any atom is 0.231 e. The number of nitrogens with two attached hydrogens (primary N) is 1. The average molecular weight is 206 g/mol. The van der Waals surface area contributed by atoms with Crippen molar-refractivity contribution in [3.8, 4) is 11.5 Å². The van der Waals surface area contributed by atoms with Gasteiger partial charge in [0.15, 0.2) is 11.5 Å². The Labute approximate surface area is 89.4 Å². The van der Waals surface area contributed by atoms with Crippen molar-refractivity contribution in [1.29, 1.82) is 0 Å². The van der Waals surface area contributed by atoms with Crippen LogP contribution in [-0.4, -0.2) is 13.3 Å². The molecule has 1 saturated heterocycles. The van der Waals surface area contributed by atoms with Crippen LogP contribution in [0.2, 0.25) is 0 Å². The lowest BCUT2D eigenvalue weighted by molar-refractivity contribution is -0.704. The van der Waals surface area contributed by atoms with Crippen LogP contribution in [0.3, 0.4) is 0 Å². The average Bonchev–Trinajstić information content (AvgIpc) is 2.77. The lowest BCUT2D eigenvalue weighted by Gasteiger charge is -2.20. The minimum absolute atomic E-state index is 0.368. The molecule has 3 rings (SSSR count). The minimum atomic E-state index is 0.368. The Bertz CT molecular complexity index is 359. The van der Waals surface area contributed by atoms with Crippen molar-refractivity contribution < 1.29 is 14.8 Å². The highest BCUT2D eigenvalue weighted by Crippen LogP contribution is 2.34. The van der Waals surface area contributed by atoms with Gasteiger partial charge in [-0.3, -0.25) is 0 Å². The van der Waals surface area contributed by atoms with Gasteiger partial charge in [-0.2, -0.15) is 0 Å². The van der Waals surface area contributed by atoms with E-state index in [0.29, 0.717) is 12.8 Å². The molecule has 2 heterocycles. The van der Waals surface area contributed by atoms with Crippen LogP contribution in [0.15, 0.2) is 18.2 Å². The molecule has 2 N–H and O–H groups in total. The molecule has 0 spiro atoms. The van der Waals surface area contributed by atoms with E-state index in [-0.39, 0.29) is 0 Å². The number of benzene rings is 1. The lowest BCUT2D eigenvalue weighted by Crippen LogP contribution is -2.86. The van der Waals surface area contributed by atoms with Gasteiger partial charge < -0.3 is 14.8 Å². The van der Waals surface area contributed by atoms with Gasteiger partial charge in [0.25, 0.3) is 0 Å². The standard InChI is InChI=1S/C12H15NO2/c1-2-6-13-10(3-1)9-4-5-11-12(7-9)15-8-14-11/h4-5,7,10,13H,1-3,6,8H2/p+1/t10-/m1/s1. The molecule has 2 aliphatic rings. The highest BCUT2D eigenvalue weighted by atomic mass is 16.7. The van der Waals surface area contributed by atoms with Crippen molar-refractivity contribution in [2.75, 3.05) is 13.3 Å². The Kier molecular flexibility index (Phi) is 2.25. The SMILES string of the molecule is c1cc2c(cc1[C@H]1CCCC[NH2+]1)OCO2. The summed E-state index contributed by atoms with van der Waals surface area (Å²) < 4.78 is 10.7. The molecule has 0 aliphatic carbocycles. The molecule has 3 heteroatoms. The van der Waals surface area contributed by atoms with E-state index in [1.54, 1.807) is 0 Å². The number of hydrogen-bond acceptors (Lipinski definition) is 2. The van der Waals surface area contributed by atoms with E-state index in [1.807, 2.05) is 6.07 Å². The Hall–Kier alpha value is -1.22. The van der Waals surface area contributed by atoms with Crippen LogP contribution < -0.4 is 14.8 Å². The van der Waals surface area contributed by atoms with E-state index >= 15 is 0 Å². The van der Waals surface area contributed by atoms with Crippen LogP contribution in [-0.2, 0) is 0 Å². The highest BCUT2D eigenvalue weighted by molar-refractivity contribution is 5.44. The molecular formula is C12H16NO2+. The van der Waals surface area contributed by atoms with Crippen LogP contribution in [0, 0.1) is 0 Å². The lowest BCUT2D eigenvalue weighted by atomic mass is 9.97. The summed E-state index contributed by atoms with van der Waals surface area (Å²) in [5.41, 5.74) is 1.37. The smallest absolute Gasteiger partial charge is 0.231 e. The first-order valence-electron chi connectivity index (χ1n) is 5.66. The van der Waals surface area contributed by atoms with E-state index in [4.69, 9.17) is 9.47 Å². The van der Waals surface area contributed by atoms with Crippen LogP contribution in [0.4, 0.5) is 0 Å². The van der Waals surface area contributed by atoms with Crippen molar-refractivity contribution in [3.63, 3.8) is 0 Å². The summed E-state index contributed by atoms with van der Waals surface area (Å²) in [6.45, 7) is 1.62. The van der Waals surface area contributed by atoms with Crippen molar-refractivity contribution in [2.45, 2.75) is 25.3 Å². The van der Waals surface area contributed by atoms with Crippen LogP contribution in [0.25, 0.3) is 0 Å². The van der Waals surface area contributed by atoms with Crippen molar-refractivity contribution in [3.05, 3.63) is 23.8 Å². The second-order valence-corrected chi connectivity index (χ2v) is 4.24. The Morgan fingerprint density at radius 1 is 1.13 bits per heavy atom. The second kappa shape index (κ2) is 3.74. The summed E-state index contributed by atoms with van der Waals surface area (Å²) in [5.74, 6) is 1.79. The van der Waals surface area contributed by atoms with Crippen molar-refractivity contribution >= 4 is 0 Å². The van der Waals surface area contributed by atoms with E-state index in [9.17, 15) is 0 Å². The summed E-state index contributed by atoms with van der Waals surface area (Å²) in [6.07, 6.45) is 3.97. The van der Waals surface area contributed by atoms with Crippen molar-refractivity contribution in [1.82, 2.24) is 0 Å². The predicted octanol–water partition coefficient (Wildman–Crippen LogP) is 1.20. The molecule has 0 amide bonds. The molecule has 1 aromatic rings. The normalized spacial score (nSPS) is 24.1. The zero-order valence-corrected chi connectivity index (χ0v) is 8.74. The zero-order valence-electron chi connectivity index (χ0n) is 8.74. The first-order chi connectivity index (χ1) is 7.43. The Morgan fingerprint density at radius 3 is 2.93 bits per heavy atom. The molecule has 0 saturated carbocycles. The largest absolute Gasteiger partial charge is 0.454 e. The zero-order chi connectivity index (χ0) is 10.1. The van der Waals surface area contributed by atoms with Gasteiger partial charge in [-0.05, 0) is 31.0 Å². The number of fused-ring (bicyclic) bond motifs is 1. The van der Waals surface area contributed by atoms with E-state index in [2.05, 4.69) is 17.4 Å². The fourth-order valence-corrected chi connectivity index (χ4v) is 2.39. The molecule has 1 aromatic carbocycles. The molecule has 0 unspecified atom stereocenters. The number of ether oxygens (including phenoxy) is 2. The third kappa shape index (κ3) is 1.67. The number of quaternary nitrogens is 1. The second-order valence-electron chi connectivity index (χ2n) is 4.24. The van der Waals surface area contributed by atoms with Gasteiger partial charge in [0.05, 0.1) is 6.54 Å². The fraction of sp³-hybridized carbons (Fsp3) is 0.500. The van der Waals surface area contributed by atoms with Crippen LogP contribution >= 0.6 is 0 Å². The summed E-state index contributed by atoms with van der Waals surface area (Å²) in [4.78, 5) is 0. The maximum atomic E-state index is 5.39. The van der Waals surface area contributed by atoms with Gasteiger partial charge in [0.2, 0.25) is 6.79 Å². The number of piperidine rings is 1. The first kappa shape index (κ1) is 9.04. The predicted molar refractivity (Wildman–Crippen MR) is 55.9 cm³/mol. The van der Waals surface area contributed by atoms with E-state index in [1.165, 1.54) is 31.4 Å². The topological polar surface area (TPSA) is 35.1 Å². The van der Waals surface area contributed by atoms with Gasteiger partial charge in [-0.25, -0.2) is 0 Å². The van der Waals surface area contributed by atoms with Gasteiger partial charge in [-0.15, -0.1) is 0 Å². The molecule has 0 aromatic heterocycles. The summed E-state index contributed by atoms with van der Waals surface area (Å²) in [5, 5.41) is 2.43. The summed E-state index contributed by atoms with van der Waals surface area (Å²) in [6, 6.07) is 6.95. The quantitative estimate of drug-likeness (QED) is 0.749. The highest BCUT2D eigenvalue weighted by Gasteiger charge is 2.21. The monoisotopic (exact) mass is 206 g/mol. The molecule has 80 valence electrons. The molecule has 3 nitrogen and oxygen atoms in total. The van der Waals surface area contributed by atoms with Gasteiger partial charge in [0.1, 0.15) is 6.04 Å². The number of rotatable bonds is 1. The maximum absolute atomic E-state index is 5.39. The fourth-order valence-electron chi connectivity index (χ4n) is 2.39. The molecule has 0 bridgehead atoms. The van der Waals surface area contributed by atoms with Crippen LogP contribution in [0.5, 0.6) is 11.5 Å². The van der Waals surface area contributed by atoms with Crippen molar-refractivity contribution in [2.24, 2.45) is 0 Å². The molecule has 15 heavy (non-hydrogen) atoms. The summed E-state index contributed by atoms with van der Waals surface area (Å²) in [7, 11) is 0. The van der Waals surface area contributed by atoms with E-state index in [0.717, 1.165) is 11.5 Å². The van der Waals surface area contributed by atoms with Gasteiger partial charge >= 0.3 is 0 Å². The third-order valence-corrected chi connectivity index (χ3v) is 3.25. The molecule has 0 radical (unpaired) electrons. The Morgan fingerprint density at radius 2 is 2.07 bits per heavy atom. The molecule has 1 fully saturated rings. The Balaban J connectivity index is 1.85. The third-order valence-electron chi connectivity index (χ3n) is 3.25. The molecular weight excluding hydrogens is 190 g/mol. The number of hydrogen-bond donors (Lipinski definition) is 1. The summed E-state index contributed by atoms with van der Waals surface area (Å²) >= 11 is 0. The van der Waals surface area contributed by atoms with Gasteiger partial charge in [0, 0.05) is 12.0 Å². The van der Waals surface area contributed by atoms with Gasteiger partial charge in [-0.1, -0.05) is 0 Å². The molecule has 1 atom stereocenters.